The van der Waals surface area contributed by atoms with E-state index in [1.807, 2.05) is 65.2 Å². The molecule has 0 fully saturated rings. The predicted octanol–water partition coefficient (Wildman–Crippen LogP) is 3.21. The fourth-order valence-corrected chi connectivity index (χ4v) is 2.85. The van der Waals surface area contributed by atoms with Crippen LogP contribution in [0.1, 0.15) is 11.3 Å². The molecule has 25 heavy (non-hydrogen) atoms. The fourth-order valence-electron chi connectivity index (χ4n) is 2.85. The first-order valence-electron chi connectivity index (χ1n) is 7.75. The fraction of sp³-hybridized carbons (Fsp3) is 0. The summed E-state index contributed by atoms with van der Waals surface area (Å²) in [6.45, 7) is 0. The van der Waals surface area contributed by atoms with Gasteiger partial charge in [0, 0.05) is 23.5 Å². The molecule has 0 amide bonds. The van der Waals surface area contributed by atoms with Gasteiger partial charge in [0.05, 0.1) is 11.4 Å². The first-order chi connectivity index (χ1) is 12.3. The highest BCUT2D eigenvalue weighted by molar-refractivity contribution is 6.11. The average Bonchev–Trinajstić information content (AvgIpc) is 2.99. The number of rotatable bonds is 3. The smallest absolute Gasteiger partial charge is 0.150 e. The number of benzene rings is 1. The van der Waals surface area contributed by atoms with Crippen LogP contribution in [0.4, 0.5) is 5.82 Å². The Morgan fingerprint density at radius 1 is 1.00 bits per heavy atom. The van der Waals surface area contributed by atoms with Gasteiger partial charge in [-0.25, -0.2) is 4.98 Å². The molecule has 3 heterocycles. The Morgan fingerprint density at radius 3 is 2.52 bits per heavy atom. The van der Waals surface area contributed by atoms with Crippen molar-refractivity contribution in [2.75, 3.05) is 5.73 Å². The monoisotopic (exact) mass is 329 g/mol. The third-order valence-electron chi connectivity index (χ3n) is 3.97. The Labute approximate surface area is 143 Å². The van der Waals surface area contributed by atoms with Crippen molar-refractivity contribution in [1.82, 2.24) is 14.4 Å². The minimum Gasteiger partial charge on any atom is -0.410 e. The molecule has 0 saturated heterocycles. The summed E-state index contributed by atoms with van der Waals surface area (Å²) >= 11 is 0. The van der Waals surface area contributed by atoms with Gasteiger partial charge in [-0.2, -0.15) is 0 Å². The van der Waals surface area contributed by atoms with E-state index in [9.17, 15) is 5.21 Å². The summed E-state index contributed by atoms with van der Waals surface area (Å²) < 4.78 is 1.90. The van der Waals surface area contributed by atoms with E-state index in [2.05, 4.69) is 15.1 Å². The van der Waals surface area contributed by atoms with Gasteiger partial charge in [0.2, 0.25) is 0 Å². The molecule has 0 spiro atoms. The molecule has 0 radical (unpaired) electrons. The van der Waals surface area contributed by atoms with Gasteiger partial charge in [0.25, 0.3) is 0 Å². The normalized spacial score (nSPS) is 11.8. The second kappa shape index (κ2) is 6.09. The van der Waals surface area contributed by atoms with Crippen LogP contribution in [0.2, 0.25) is 0 Å². The lowest BCUT2D eigenvalue weighted by molar-refractivity contribution is 0.319. The van der Waals surface area contributed by atoms with Crippen molar-refractivity contribution < 1.29 is 5.21 Å². The van der Waals surface area contributed by atoms with Crippen molar-refractivity contribution in [3.63, 3.8) is 0 Å². The Balaban J connectivity index is 1.91. The Hall–Kier alpha value is -3.67. The van der Waals surface area contributed by atoms with Gasteiger partial charge in [0.15, 0.2) is 5.82 Å². The lowest BCUT2D eigenvalue weighted by Crippen LogP contribution is -2.07. The van der Waals surface area contributed by atoms with Crippen LogP contribution in [-0.4, -0.2) is 25.3 Å². The van der Waals surface area contributed by atoms with E-state index in [0.29, 0.717) is 22.8 Å². The van der Waals surface area contributed by atoms with Crippen LogP contribution in [0, 0.1) is 0 Å². The Kier molecular flexibility index (Phi) is 3.63. The number of fused-ring (bicyclic) bond motifs is 1. The summed E-state index contributed by atoms with van der Waals surface area (Å²) in [5, 5.41) is 12.9. The molecule has 0 aliphatic carbocycles. The third kappa shape index (κ3) is 2.59. The van der Waals surface area contributed by atoms with Crippen molar-refractivity contribution in [2.24, 2.45) is 5.16 Å². The largest absolute Gasteiger partial charge is 0.410 e. The first-order valence-corrected chi connectivity index (χ1v) is 7.75. The SMILES string of the molecule is Nc1nc2ccc(/C(=N/O)c3ccccn3)cn2c1-c1ccccc1. The number of oxime groups is 1. The van der Waals surface area contributed by atoms with Crippen molar-refractivity contribution in [3.05, 3.63) is 84.3 Å². The van der Waals surface area contributed by atoms with Gasteiger partial charge < -0.3 is 10.9 Å². The molecule has 1 aromatic carbocycles. The molecule has 0 unspecified atom stereocenters. The molecule has 0 aliphatic heterocycles. The number of nitrogens with zero attached hydrogens (tertiary/aromatic N) is 4. The van der Waals surface area contributed by atoms with Gasteiger partial charge in [-0.1, -0.05) is 41.6 Å². The average molecular weight is 329 g/mol. The number of pyridine rings is 2. The molecular weight excluding hydrogens is 314 g/mol. The van der Waals surface area contributed by atoms with Crippen LogP contribution in [0.25, 0.3) is 16.9 Å². The molecule has 4 rings (SSSR count). The highest BCUT2D eigenvalue weighted by atomic mass is 16.4. The molecule has 6 heteroatoms. The lowest BCUT2D eigenvalue weighted by Gasteiger charge is -2.07. The number of anilines is 1. The maximum atomic E-state index is 9.49. The predicted molar refractivity (Wildman–Crippen MR) is 96.7 cm³/mol. The van der Waals surface area contributed by atoms with Crippen molar-refractivity contribution in [1.29, 1.82) is 0 Å². The summed E-state index contributed by atoms with van der Waals surface area (Å²) in [5.74, 6) is 0.448. The van der Waals surface area contributed by atoms with Crippen molar-refractivity contribution in [3.8, 4) is 11.3 Å². The number of hydrogen-bond donors (Lipinski definition) is 2. The zero-order chi connectivity index (χ0) is 17.2. The molecule has 0 bridgehead atoms. The van der Waals surface area contributed by atoms with Crippen LogP contribution in [0.3, 0.4) is 0 Å². The second-order valence-electron chi connectivity index (χ2n) is 5.52. The summed E-state index contributed by atoms with van der Waals surface area (Å²) in [5.41, 5.74) is 10.3. The van der Waals surface area contributed by atoms with Crippen molar-refractivity contribution in [2.45, 2.75) is 0 Å². The van der Waals surface area contributed by atoms with Gasteiger partial charge in [-0.15, -0.1) is 0 Å². The summed E-state index contributed by atoms with van der Waals surface area (Å²) in [4.78, 5) is 8.66. The number of imidazole rings is 1. The molecule has 0 saturated carbocycles. The zero-order valence-corrected chi connectivity index (χ0v) is 13.2. The molecule has 3 aromatic heterocycles. The number of nitrogen functional groups attached to an aromatic ring is 1. The van der Waals surface area contributed by atoms with E-state index >= 15 is 0 Å². The van der Waals surface area contributed by atoms with E-state index in [4.69, 9.17) is 5.73 Å². The molecule has 6 nitrogen and oxygen atoms in total. The second-order valence-corrected chi connectivity index (χ2v) is 5.52. The Bertz CT molecular complexity index is 1060. The maximum Gasteiger partial charge on any atom is 0.150 e. The molecule has 0 atom stereocenters. The zero-order valence-electron chi connectivity index (χ0n) is 13.2. The highest BCUT2D eigenvalue weighted by Gasteiger charge is 2.15. The number of aromatic nitrogens is 3. The van der Waals surface area contributed by atoms with Crippen LogP contribution >= 0.6 is 0 Å². The summed E-state index contributed by atoms with van der Waals surface area (Å²) in [7, 11) is 0. The summed E-state index contributed by atoms with van der Waals surface area (Å²) in [6, 6.07) is 18.9. The molecular formula is C19H15N5O. The topological polar surface area (TPSA) is 88.8 Å². The van der Waals surface area contributed by atoms with E-state index in [1.54, 1.807) is 12.3 Å². The van der Waals surface area contributed by atoms with Crippen molar-refractivity contribution >= 4 is 17.2 Å². The minimum absolute atomic E-state index is 0.383. The van der Waals surface area contributed by atoms with E-state index in [-0.39, 0.29) is 0 Å². The number of nitrogens with two attached hydrogens (primary N) is 1. The van der Waals surface area contributed by atoms with Gasteiger partial charge in [0.1, 0.15) is 11.4 Å². The van der Waals surface area contributed by atoms with Gasteiger partial charge in [-0.05, 0) is 24.3 Å². The van der Waals surface area contributed by atoms with Crippen LogP contribution in [0.15, 0.2) is 78.2 Å². The van der Waals surface area contributed by atoms with E-state index < -0.39 is 0 Å². The van der Waals surface area contributed by atoms with E-state index in [1.165, 1.54) is 0 Å². The molecule has 0 aliphatic rings. The highest BCUT2D eigenvalue weighted by Crippen LogP contribution is 2.27. The molecule has 3 N–H and O–H groups in total. The first kappa shape index (κ1) is 14.9. The Morgan fingerprint density at radius 2 is 1.80 bits per heavy atom. The third-order valence-corrected chi connectivity index (χ3v) is 3.97. The maximum absolute atomic E-state index is 9.49. The van der Waals surface area contributed by atoms with Gasteiger partial charge in [-0.3, -0.25) is 9.38 Å². The number of hydrogen-bond acceptors (Lipinski definition) is 5. The van der Waals surface area contributed by atoms with Gasteiger partial charge >= 0.3 is 0 Å². The quantitative estimate of drug-likeness (QED) is 0.343. The molecule has 122 valence electrons. The minimum atomic E-state index is 0.383. The van der Waals surface area contributed by atoms with E-state index in [0.717, 1.165) is 16.9 Å². The summed E-state index contributed by atoms with van der Waals surface area (Å²) in [6.07, 6.45) is 3.51. The van der Waals surface area contributed by atoms with Crippen LogP contribution in [-0.2, 0) is 0 Å². The van der Waals surface area contributed by atoms with Crippen LogP contribution < -0.4 is 5.73 Å². The van der Waals surface area contributed by atoms with Crippen LogP contribution in [0.5, 0.6) is 0 Å². The molecule has 4 aromatic rings. The standard InChI is InChI=1S/C19H15N5O/c20-19-18(13-6-2-1-3-7-13)24-12-14(9-10-16(24)22-19)17(23-25)15-8-4-5-11-21-15/h1-12,25H,20H2/b23-17-. The lowest BCUT2D eigenvalue weighted by atomic mass is 10.1.